The van der Waals surface area contributed by atoms with Crippen molar-refractivity contribution in [1.82, 2.24) is 10.6 Å². The van der Waals surface area contributed by atoms with E-state index in [0.29, 0.717) is 5.92 Å². The van der Waals surface area contributed by atoms with Crippen LogP contribution in [0.25, 0.3) is 0 Å². The molecule has 0 aromatic rings. The Morgan fingerprint density at radius 2 is 2.22 bits per heavy atom. The normalized spacial score (nSPS) is 40.7. The van der Waals surface area contributed by atoms with Crippen LogP contribution in [-0.2, 0) is 4.79 Å². The predicted molar refractivity (Wildman–Crippen MR) is 32.9 cm³/mol. The van der Waals surface area contributed by atoms with Crippen molar-refractivity contribution in [3.8, 4) is 0 Å². The molecule has 0 aromatic carbocycles. The molecule has 2 rings (SSSR count). The largest absolute Gasteiger partial charge is 0.355 e. The first-order chi connectivity index (χ1) is 4.38. The zero-order chi connectivity index (χ0) is 6.27. The highest BCUT2D eigenvalue weighted by molar-refractivity contribution is 5.81. The predicted octanol–water partition coefficient (Wildman–Crippen LogP) is -1.05. The van der Waals surface area contributed by atoms with Gasteiger partial charge in [-0.05, 0) is 0 Å². The first-order valence-corrected chi connectivity index (χ1v) is 3.36. The maximum atomic E-state index is 10.9. The quantitative estimate of drug-likeness (QED) is 0.435. The van der Waals surface area contributed by atoms with Gasteiger partial charge in [-0.1, -0.05) is 0 Å². The molecule has 2 aliphatic heterocycles. The molecule has 3 nitrogen and oxygen atoms in total. The van der Waals surface area contributed by atoms with Crippen molar-refractivity contribution < 1.29 is 4.79 Å². The number of amides is 1. The zero-order valence-corrected chi connectivity index (χ0v) is 5.18. The van der Waals surface area contributed by atoms with Crippen LogP contribution >= 0.6 is 0 Å². The van der Waals surface area contributed by atoms with Gasteiger partial charge >= 0.3 is 0 Å². The highest BCUT2D eigenvalue weighted by atomic mass is 16.2. The lowest BCUT2D eigenvalue weighted by molar-refractivity contribution is -0.122. The average molecular weight is 126 g/mol. The van der Waals surface area contributed by atoms with E-state index in [1.807, 2.05) is 0 Å². The van der Waals surface area contributed by atoms with Crippen LogP contribution in [0.15, 0.2) is 0 Å². The maximum absolute atomic E-state index is 10.9. The molecular formula is C6H10N2O. The molecule has 0 aliphatic carbocycles. The van der Waals surface area contributed by atoms with Crippen molar-refractivity contribution in [3.63, 3.8) is 0 Å². The van der Waals surface area contributed by atoms with Gasteiger partial charge in [-0.3, -0.25) is 4.79 Å². The molecule has 9 heavy (non-hydrogen) atoms. The second-order valence-electron chi connectivity index (χ2n) is 2.77. The summed E-state index contributed by atoms with van der Waals surface area (Å²) in [7, 11) is 0. The summed E-state index contributed by atoms with van der Waals surface area (Å²) in [5.74, 6) is 1.10. The molecule has 2 unspecified atom stereocenters. The van der Waals surface area contributed by atoms with Crippen molar-refractivity contribution in [2.45, 2.75) is 0 Å². The molecule has 0 saturated carbocycles. The first kappa shape index (κ1) is 5.23. The summed E-state index contributed by atoms with van der Waals surface area (Å²) < 4.78 is 0. The average Bonchev–Trinajstić information content (AvgIpc) is 2.35. The molecule has 0 radical (unpaired) electrons. The Balaban J connectivity index is 2.15. The SMILES string of the molecule is O=C1NCC2CNCC12. The molecule has 3 heteroatoms. The van der Waals surface area contributed by atoms with E-state index in [2.05, 4.69) is 10.6 Å². The van der Waals surface area contributed by atoms with Gasteiger partial charge in [-0.25, -0.2) is 0 Å². The van der Waals surface area contributed by atoms with Gasteiger partial charge in [-0.2, -0.15) is 0 Å². The lowest BCUT2D eigenvalue weighted by atomic mass is 10.0. The van der Waals surface area contributed by atoms with E-state index in [9.17, 15) is 4.79 Å². The highest BCUT2D eigenvalue weighted by Gasteiger charge is 2.37. The maximum Gasteiger partial charge on any atom is 0.224 e. The van der Waals surface area contributed by atoms with Crippen molar-refractivity contribution in [2.24, 2.45) is 11.8 Å². The van der Waals surface area contributed by atoms with Gasteiger partial charge in [0, 0.05) is 25.6 Å². The van der Waals surface area contributed by atoms with E-state index in [1.54, 1.807) is 0 Å². The number of carbonyl (C=O) groups is 1. The topological polar surface area (TPSA) is 41.1 Å². The summed E-state index contributed by atoms with van der Waals surface area (Å²) in [5, 5.41) is 6.04. The summed E-state index contributed by atoms with van der Waals surface area (Å²) in [6.07, 6.45) is 0. The van der Waals surface area contributed by atoms with E-state index < -0.39 is 0 Å². The van der Waals surface area contributed by atoms with Gasteiger partial charge in [0.1, 0.15) is 0 Å². The van der Waals surface area contributed by atoms with E-state index in [4.69, 9.17) is 0 Å². The monoisotopic (exact) mass is 126 g/mol. The Kier molecular flexibility index (Phi) is 0.990. The molecule has 2 N–H and O–H groups in total. The van der Waals surface area contributed by atoms with Crippen LogP contribution in [0.5, 0.6) is 0 Å². The number of fused-ring (bicyclic) bond motifs is 1. The molecule has 50 valence electrons. The molecule has 2 aliphatic rings. The van der Waals surface area contributed by atoms with Crippen LogP contribution in [0, 0.1) is 11.8 Å². The molecular weight excluding hydrogens is 116 g/mol. The minimum atomic E-state index is 0.241. The molecule has 2 saturated heterocycles. The molecule has 1 amide bonds. The minimum Gasteiger partial charge on any atom is -0.355 e. The summed E-state index contributed by atoms with van der Waals surface area (Å²) in [5.41, 5.74) is 0. The Morgan fingerprint density at radius 1 is 1.33 bits per heavy atom. The smallest absolute Gasteiger partial charge is 0.224 e. The van der Waals surface area contributed by atoms with Crippen molar-refractivity contribution in [2.75, 3.05) is 19.6 Å². The van der Waals surface area contributed by atoms with Crippen molar-refractivity contribution in [3.05, 3.63) is 0 Å². The molecule has 0 bridgehead atoms. The molecule has 2 heterocycles. The molecule has 2 fully saturated rings. The Labute approximate surface area is 53.8 Å². The summed E-state index contributed by atoms with van der Waals surface area (Å²) in [6.45, 7) is 2.79. The summed E-state index contributed by atoms with van der Waals surface area (Å²) >= 11 is 0. The van der Waals surface area contributed by atoms with Gasteiger partial charge in [-0.15, -0.1) is 0 Å². The lowest BCUT2D eigenvalue weighted by Gasteiger charge is -1.98. The van der Waals surface area contributed by atoms with E-state index >= 15 is 0 Å². The van der Waals surface area contributed by atoms with Crippen molar-refractivity contribution >= 4 is 5.91 Å². The van der Waals surface area contributed by atoms with Crippen LogP contribution in [-0.4, -0.2) is 25.5 Å². The van der Waals surface area contributed by atoms with Gasteiger partial charge in [0.25, 0.3) is 0 Å². The Morgan fingerprint density at radius 3 is 3.00 bits per heavy atom. The summed E-state index contributed by atoms with van der Waals surface area (Å²) in [4.78, 5) is 10.9. The third-order valence-electron chi connectivity index (χ3n) is 2.22. The third-order valence-corrected chi connectivity index (χ3v) is 2.22. The molecule has 2 atom stereocenters. The fourth-order valence-corrected chi connectivity index (χ4v) is 1.62. The van der Waals surface area contributed by atoms with Crippen LogP contribution in [0.4, 0.5) is 0 Å². The van der Waals surface area contributed by atoms with E-state index in [-0.39, 0.29) is 11.8 Å². The number of carbonyl (C=O) groups excluding carboxylic acids is 1. The second-order valence-corrected chi connectivity index (χ2v) is 2.77. The standard InChI is InChI=1S/C6H10N2O/c9-6-5-3-7-1-4(5)2-8-6/h4-5,7H,1-3H2,(H,8,9). The fraction of sp³-hybridized carbons (Fsp3) is 0.833. The van der Waals surface area contributed by atoms with E-state index in [1.165, 1.54) is 0 Å². The van der Waals surface area contributed by atoms with Gasteiger partial charge in [0.05, 0.1) is 5.92 Å². The third kappa shape index (κ3) is 0.645. The van der Waals surface area contributed by atoms with Crippen LogP contribution in [0.2, 0.25) is 0 Å². The molecule has 0 spiro atoms. The number of nitrogens with one attached hydrogen (secondary N) is 2. The van der Waals surface area contributed by atoms with Crippen LogP contribution in [0.1, 0.15) is 0 Å². The second kappa shape index (κ2) is 1.70. The summed E-state index contributed by atoms with van der Waals surface area (Å²) in [6, 6.07) is 0. The molecule has 0 aromatic heterocycles. The van der Waals surface area contributed by atoms with Gasteiger partial charge in [0.2, 0.25) is 5.91 Å². The van der Waals surface area contributed by atoms with Gasteiger partial charge in [0.15, 0.2) is 0 Å². The minimum absolute atomic E-state index is 0.241. The van der Waals surface area contributed by atoms with Gasteiger partial charge < -0.3 is 10.6 Å². The zero-order valence-electron chi connectivity index (χ0n) is 5.18. The first-order valence-electron chi connectivity index (χ1n) is 3.36. The Hall–Kier alpha value is -0.570. The number of rotatable bonds is 0. The van der Waals surface area contributed by atoms with E-state index in [0.717, 1.165) is 19.6 Å². The number of hydrogen-bond donors (Lipinski definition) is 2. The van der Waals surface area contributed by atoms with Crippen LogP contribution < -0.4 is 10.6 Å². The number of hydrogen-bond acceptors (Lipinski definition) is 2. The lowest BCUT2D eigenvalue weighted by Crippen LogP contribution is -2.24. The fourth-order valence-electron chi connectivity index (χ4n) is 1.62. The Bertz CT molecular complexity index is 146. The van der Waals surface area contributed by atoms with Crippen LogP contribution in [0.3, 0.4) is 0 Å². The van der Waals surface area contributed by atoms with Crippen molar-refractivity contribution in [1.29, 1.82) is 0 Å². The highest BCUT2D eigenvalue weighted by Crippen LogP contribution is 2.20.